The Morgan fingerprint density at radius 3 is 2.38 bits per heavy atom. The second-order valence-electron chi connectivity index (χ2n) is 5.32. The molecule has 114 valence electrons. The fraction of sp³-hybridized carbons (Fsp3) is 0.467. The van der Waals surface area contributed by atoms with Gasteiger partial charge in [0.2, 0.25) is 0 Å². The van der Waals surface area contributed by atoms with Crippen LogP contribution in [0.25, 0.3) is 0 Å². The number of carboxylic acid groups (broad SMARTS) is 1. The minimum absolute atomic E-state index is 0.0807. The monoisotopic (exact) mass is 354 g/mol. The van der Waals surface area contributed by atoms with Crippen molar-refractivity contribution < 1.29 is 14.7 Å². The molecule has 0 spiro atoms. The summed E-state index contributed by atoms with van der Waals surface area (Å²) in [4.78, 5) is 24.8. The average Bonchev–Trinajstić information content (AvgIpc) is 2.47. The number of carbonyl (C=O) groups excluding carboxylic acids is 1. The third kappa shape index (κ3) is 4.20. The van der Waals surface area contributed by atoms with Crippen molar-refractivity contribution in [1.29, 1.82) is 0 Å². The maximum absolute atomic E-state index is 12.2. The lowest BCUT2D eigenvalue weighted by Crippen LogP contribution is -2.46. The fourth-order valence-electron chi connectivity index (χ4n) is 2.44. The summed E-state index contributed by atoms with van der Waals surface area (Å²) in [5, 5.41) is 11.9. The van der Waals surface area contributed by atoms with Crippen LogP contribution in [0, 0.1) is 5.92 Å². The molecule has 1 aliphatic heterocycles. The van der Waals surface area contributed by atoms with E-state index in [4.69, 9.17) is 5.11 Å². The van der Waals surface area contributed by atoms with Crippen LogP contribution in [-0.2, 0) is 4.79 Å². The molecule has 1 aromatic carbocycles. The topological polar surface area (TPSA) is 69.6 Å². The van der Waals surface area contributed by atoms with Crippen LogP contribution in [0.5, 0.6) is 0 Å². The Morgan fingerprint density at radius 1 is 1.29 bits per heavy atom. The predicted molar refractivity (Wildman–Crippen MR) is 83.0 cm³/mol. The van der Waals surface area contributed by atoms with E-state index >= 15 is 0 Å². The molecule has 2 rings (SSSR count). The summed E-state index contributed by atoms with van der Waals surface area (Å²) in [7, 11) is 0. The first kappa shape index (κ1) is 15.8. The molecule has 0 radical (unpaired) electrons. The number of nitrogens with zero attached hydrogens (tertiary/aromatic N) is 1. The number of hydrogen-bond donors (Lipinski definition) is 2. The number of amides is 2. The average molecular weight is 355 g/mol. The molecule has 0 unspecified atom stereocenters. The van der Waals surface area contributed by atoms with Crippen LogP contribution in [0.3, 0.4) is 0 Å². The lowest BCUT2D eigenvalue weighted by atomic mass is 9.97. The van der Waals surface area contributed by atoms with Gasteiger partial charge in [0.1, 0.15) is 0 Å². The standard InChI is InChI=1S/C15H19BrN2O3/c1-10(11-2-4-13(16)5-3-11)17-15(21)18-8-6-12(7-9-18)14(19)20/h2-5,10,12H,6-9H2,1H3,(H,17,21)(H,19,20)/t10-/m1/s1. The van der Waals surface area contributed by atoms with Gasteiger partial charge in [0.05, 0.1) is 12.0 Å². The Kier molecular flexibility index (Phi) is 5.22. The maximum Gasteiger partial charge on any atom is 0.317 e. The highest BCUT2D eigenvalue weighted by atomic mass is 79.9. The van der Waals surface area contributed by atoms with Crippen LogP contribution in [-0.4, -0.2) is 35.1 Å². The van der Waals surface area contributed by atoms with Crippen molar-refractivity contribution in [3.05, 3.63) is 34.3 Å². The first-order valence-electron chi connectivity index (χ1n) is 7.01. The van der Waals surface area contributed by atoms with Crippen LogP contribution in [0.4, 0.5) is 4.79 Å². The fourth-order valence-corrected chi connectivity index (χ4v) is 2.71. The first-order chi connectivity index (χ1) is 9.97. The van der Waals surface area contributed by atoms with E-state index in [2.05, 4.69) is 21.2 Å². The molecule has 0 aliphatic carbocycles. The minimum Gasteiger partial charge on any atom is -0.481 e. The van der Waals surface area contributed by atoms with Gasteiger partial charge in [0, 0.05) is 17.6 Å². The highest BCUT2D eigenvalue weighted by molar-refractivity contribution is 9.10. The van der Waals surface area contributed by atoms with Crippen molar-refractivity contribution in [1.82, 2.24) is 10.2 Å². The zero-order chi connectivity index (χ0) is 15.4. The Hall–Kier alpha value is -1.56. The van der Waals surface area contributed by atoms with Gasteiger partial charge in [-0.2, -0.15) is 0 Å². The summed E-state index contributed by atoms with van der Waals surface area (Å²) in [5.41, 5.74) is 1.03. The summed E-state index contributed by atoms with van der Waals surface area (Å²) in [6, 6.07) is 7.60. The summed E-state index contributed by atoms with van der Waals surface area (Å²) in [6.45, 7) is 2.93. The number of piperidine rings is 1. The number of carbonyl (C=O) groups is 2. The number of carboxylic acids is 1. The van der Waals surface area contributed by atoms with E-state index in [0.717, 1.165) is 10.0 Å². The SMILES string of the molecule is C[C@@H](NC(=O)N1CCC(C(=O)O)CC1)c1ccc(Br)cc1. The zero-order valence-corrected chi connectivity index (χ0v) is 13.5. The van der Waals surface area contributed by atoms with Gasteiger partial charge in [-0.15, -0.1) is 0 Å². The molecule has 2 amide bonds. The van der Waals surface area contributed by atoms with Gasteiger partial charge in [-0.05, 0) is 37.5 Å². The Balaban J connectivity index is 1.87. The molecule has 1 saturated heterocycles. The molecule has 1 fully saturated rings. The van der Waals surface area contributed by atoms with E-state index in [1.165, 1.54) is 0 Å². The van der Waals surface area contributed by atoms with Gasteiger partial charge in [-0.3, -0.25) is 4.79 Å². The summed E-state index contributed by atoms with van der Waals surface area (Å²) in [6.07, 6.45) is 1.05. The van der Waals surface area contributed by atoms with Crippen molar-refractivity contribution in [3.8, 4) is 0 Å². The summed E-state index contributed by atoms with van der Waals surface area (Å²) in [5.74, 6) is -1.09. The predicted octanol–water partition coefficient (Wildman–Crippen LogP) is 3.02. The number of likely N-dealkylation sites (tertiary alicyclic amines) is 1. The van der Waals surface area contributed by atoms with Crippen LogP contribution in [0.1, 0.15) is 31.4 Å². The van der Waals surface area contributed by atoms with Gasteiger partial charge < -0.3 is 15.3 Å². The van der Waals surface area contributed by atoms with Crippen molar-refractivity contribution in [2.24, 2.45) is 5.92 Å². The molecule has 0 saturated carbocycles. The number of nitrogens with one attached hydrogen (secondary N) is 1. The molecule has 1 aromatic rings. The van der Waals surface area contributed by atoms with Crippen LogP contribution < -0.4 is 5.32 Å². The number of benzene rings is 1. The minimum atomic E-state index is -0.765. The first-order valence-corrected chi connectivity index (χ1v) is 7.80. The molecule has 1 aliphatic rings. The number of hydrogen-bond acceptors (Lipinski definition) is 2. The van der Waals surface area contributed by atoms with Crippen molar-refractivity contribution >= 4 is 27.9 Å². The number of halogens is 1. The normalized spacial score (nSPS) is 17.3. The molecule has 1 heterocycles. The molecule has 6 heteroatoms. The van der Waals surface area contributed by atoms with Gasteiger partial charge in [0.25, 0.3) is 0 Å². The van der Waals surface area contributed by atoms with Crippen LogP contribution in [0.15, 0.2) is 28.7 Å². The van der Waals surface area contributed by atoms with Crippen molar-refractivity contribution in [3.63, 3.8) is 0 Å². The Bertz CT molecular complexity index is 510. The van der Waals surface area contributed by atoms with E-state index in [-0.39, 0.29) is 18.0 Å². The molecular weight excluding hydrogens is 336 g/mol. The van der Waals surface area contributed by atoms with E-state index in [9.17, 15) is 9.59 Å². The number of rotatable bonds is 3. The second-order valence-corrected chi connectivity index (χ2v) is 6.24. The van der Waals surface area contributed by atoms with E-state index < -0.39 is 5.97 Å². The van der Waals surface area contributed by atoms with Crippen molar-refractivity contribution in [2.45, 2.75) is 25.8 Å². The second kappa shape index (κ2) is 6.93. The Morgan fingerprint density at radius 2 is 1.86 bits per heavy atom. The van der Waals surface area contributed by atoms with Gasteiger partial charge in [-0.25, -0.2) is 4.79 Å². The lowest BCUT2D eigenvalue weighted by molar-refractivity contribution is -0.143. The summed E-state index contributed by atoms with van der Waals surface area (Å²) < 4.78 is 1.00. The van der Waals surface area contributed by atoms with Gasteiger partial charge >= 0.3 is 12.0 Å². The smallest absolute Gasteiger partial charge is 0.317 e. The highest BCUT2D eigenvalue weighted by Gasteiger charge is 2.27. The molecule has 0 bridgehead atoms. The maximum atomic E-state index is 12.2. The molecular formula is C15H19BrN2O3. The van der Waals surface area contributed by atoms with Crippen LogP contribution >= 0.6 is 15.9 Å². The highest BCUT2D eigenvalue weighted by Crippen LogP contribution is 2.19. The van der Waals surface area contributed by atoms with Gasteiger partial charge in [-0.1, -0.05) is 28.1 Å². The lowest BCUT2D eigenvalue weighted by Gasteiger charge is -2.31. The van der Waals surface area contributed by atoms with Crippen LogP contribution in [0.2, 0.25) is 0 Å². The third-order valence-corrected chi connectivity index (χ3v) is 4.37. The molecule has 0 aromatic heterocycles. The van der Waals surface area contributed by atoms with E-state index in [1.807, 2.05) is 31.2 Å². The largest absolute Gasteiger partial charge is 0.481 e. The number of aliphatic carboxylic acids is 1. The van der Waals surface area contributed by atoms with Gasteiger partial charge in [0.15, 0.2) is 0 Å². The third-order valence-electron chi connectivity index (χ3n) is 3.84. The molecule has 21 heavy (non-hydrogen) atoms. The van der Waals surface area contributed by atoms with Crippen molar-refractivity contribution in [2.75, 3.05) is 13.1 Å². The Labute approximate surface area is 132 Å². The zero-order valence-electron chi connectivity index (χ0n) is 11.9. The number of urea groups is 1. The van der Waals surface area contributed by atoms with E-state index in [1.54, 1.807) is 4.90 Å². The quantitative estimate of drug-likeness (QED) is 0.876. The molecule has 1 atom stereocenters. The van der Waals surface area contributed by atoms with E-state index in [0.29, 0.717) is 25.9 Å². The summed E-state index contributed by atoms with van der Waals surface area (Å²) >= 11 is 3.38. The molecule has 5 nitrogen and oxygen atoms in total. The molecule has 2 N–H and O–H groups in total.